The number of H-pyrrole nitrogens is 2. The molecule has 0 saturated carbocycles. The van der Waals surface area contributed by atoms with E-state index in [1.165, 1.54) is 13.0 Å². The normalized spacial score (nSPS) is 13.0. The van der Waals surface area contributed by atoms with Crippen molar-refractivity contribution in [3.63, 3.8) is 0 Å². The van der Waals surface area contributed by atoms with Crippen molar-refractivity contribution in [2.45, 2.75) is 104 Å². The van der Waals surface area contributed by atoms with E-state index in [0.717, 1.165) is 13.8 Å². The summed E-state index contributed by atoms with van der Waals surface area (Å²) in [6.07, 6.45) is 1.82. The monoisotopic (exact) mass is 910 g/mol. The van der Waals surface area contributed by atoms with Gasteiger partial charge in [-0.3, -0.25) is 28.8 Å². The van der Waals surface area contributed by atoms with Crippen LogP contribution in [-0.4, -0.2) is 110 Å². The first-order valence-electron chi connectivity index (χ1n) is 21.1. The highest BCUT2D eigenvalue weighted by atomic mass is 16.4. The molecular weight excluding hydrogens is 857 g/mol. The highest BCUT2D eigenvalue weighted by molar-refractivity contribution is 6.12. The third kappa shape index (κ3) is 8.21. The predicted molar refractivity (Wildman–Crippen MR) is 245 cm³/mol. The quantitative estimate of drug-likeness (QED) is 0.0564. The number of aliphatic hydroxyl groups is 2. The molecule has 10 N–H and O–H groups in total. The summed E-state index contributed by atoms with van der Waals surface area (Å²) in [5.74, 6) is -10.1. The highest BCUT2D eigenvalue weighted by Gasteiger charge is 2.51. The Hall–Kier alpha value is -7.18. The maximum absolute atomic E-state index is 13.6. The Morgan fingerprint density at radius 3 is 1.48 bits per heavy atom. The number of hydrogen-bond acceptors (Lipinski definition) is 10. The van der Waals surface area contributed by atoms with E-state index in [1.807, 2.05) is 0 Å². The second kappa shape index (κ2) is 19.1. The van der Waals surface area contributed by atoms with Gasteiger partial charge in [-0.15, -0.1) is 0 Å². The zero-order valence-electron chi connectivity index (χ0n) is 37.6. The first kappa shape index (κ1) is 49.8. The van der Waals surface area contributed by atoms with Gasteiger partial charge in [0.15, 0.2) is 10.8 Å². The molecule has 0 saturated heterocycles. The van der Waals surface area contributed by atoms with Crippen LogP contribution in [0.2, 0.25) is 0 Å². The Morgan fingerprint density at radius 1 is 0.545 bits per heavy atom. The minimum absolute atomic E-state index is 0.00859. The van der Waals surface area contributed by atoms with Gasteiger partial charge in [0.2, 0.25) is 0 Å². The van der Waals surface area contributed by atoms with Crippen LogP contribution in [0.25, 0.3) is 50.4 Å². The largest absolute Gasteiger partial charge is 0.481 e. The van der Waals surface area contributed by atoms with Gasteiger partial charge in [0.1, 0.15) is 0 Å². The zero-order valence-corrected chi connectivity index (χ0v) is 37.6. The van der Waals surface area contributed by atoms with Gasteiger partial charge in [-0.25, -0.2) is 9.97 Å². The van der Waals surface area contributed by atoms with Crippen molar-refractivity contribution in [3.05, 3.63) is 86.5 Å². The fraction of sp³-hybridized carbons (Fsp3) is 0.375. The third-order valence-corrected chi connectivity index (χ3v) is 12.8. The maximum atomic E-state index is 13.6. The van der Waals surface area contributed by atoms with Crippen LogP contribution in [0, 0.1) is 13.8 Å². The summed E-state index contributed by atoms with van der Waals surface area (Å²) in [6, 6.07) is 0. The van der Waals surface area contributed by atoms with Gasteiger partial charge in [-0.2, -0.15) is 0 Å². The summed E-state index contributed by atoms with van der Waals surface area (Å²) in [6.45, 7) is 15.8. The number of aryl methyl sites for hydroxylation is 5. The number of carboxylic acid groups (broad SMARTS) is 6. The summed E-state index contributed by atoms with van der Waals surface area (Å²) in [5.41, 5.74) is -3.30. The van der Waals surface area contributed by atoms with Crippen molar-refractivity contribution in [3.8, 4) is 0 Å². The van der Waals surface area contributed by atoms with Crippen molar-refractivity contribution in [2.75, 3.05) is 13.2 Å². The molecule has 2 aliphatic heterocycles. The van der Waals surface area contributed by atoms with Crippen LogP contribution in [0.3, 0.4) is 0 Å². The summed E-state index contributed by atoms with van der Waals surface area (Å²) >= 11 is 0. The molecule has 0 amide bonds. The standard InChI is InChI=1S/C48H54N4O14/c1-9-25-21(3)35-29(13-11-19-53)40-26(10-2)22(4)37(51-40)33(47(7,43(59)60)44(61)62)38-24(6)28(16-18-32(57)58)42(52-38)34(48(8,45(63)64)46(65)66)41-27(15-17-31(55)56)23(5)36(50-41)30(14-12-20-54)39(25)49-35/h9-10,50-51,53-54H,1-2,11-20H2,3-8H3,(H,55,56)(H,57,58)(H,59,60)(H,61,62)(H,63,64)(H,65,66). The number of carbonyl (C=O) groups is 6. The fourth-order valence-corrected chi connectivity index (χ4v) is 9.01. The molecule has 3 aromatic rings. The molecule has 0 aromatic carbocycles. The lowest BCUT2D eigenvalue weighted by molar-refractivity contribution is -0.158. The molecule has 18 heteroatoms. The van der Waals surface area contributed by atoms with Crippen LogP contribution in [0.1, 0.15) is 127 Å². The lowest BCUT2D eigenvalue weighted by atomic mass is 9.78. The van der Waals surface area contributed by atoms with Crippen molar-refractivity contribution in [1.29, 1.82) is 0 Å². The van der Waals surface area contributed by atoms with E-state index in [0.29, 0.717) is 55.9 Å². The molecule has 3 aromatic heterocycles. The number of rotatable bonds is 20. The topological polar surface area (TPSA) is 322 Å². The van der Waals surface area contributed by atoms with Gasteiger partial charge >= 0.3 is 35.8 Å². The molecule has 0 spiro atoms. The van der Waals surface area contributed by atoms with Crippen LogP contribution in [-0.2, 0) is 58.9 Å². The molecule has 0 aliphatic carbocycles. The molecule has 350 valence electrons. The van der Waals surface area contributed by atoms with Crippen molar-refractivity contribution in [2.24, 2.45) is 0 Å². The van der Waals surface area contributed by atoms with Crippen molar-refractivity contribution >= 4 is 86.3 Å². The average Bonchev–Trinajstić information content (AvgIpc) is 3.96. The predicted octanol–water partition coefficient (Wildman–Crippen LogP) is 6.21. The number of fused-ring (bicyclic) bond motifs is 8. The summed E-state index contributed by atoms with van der Waals surface area (Å²) in [5, 5.41) is 84.2. The van der Waals surface area contributed by atoms with E-state index < -0.39 is 82.7 Å². The molecule has 0 fully saturated rings. The van der Waals surface area contributed by atoms with E-state index >= 15 is 0 Å². The van der Waals surface area contributed by atoms with Gasteiger partial charge in [0.25, 0.3) is 0 Å². The van der Waals surface area contributed by atoms with E-state index in [2.05, 4.69) is 23.1 Å². The summed E-state index contributed by atoms with van der Waals surface area (Å²) in [7, 11) is 0. The van der Waals surface area contributed by atoms with Crippen LogP contribution >= 0.6 is 0 Å². The Bertz CT molecular complexity index is 2850. The van der Waals surface area contributed by atoms with Crippen LogP contribution in [0.4, 0.5) is 0 Å². The molecule has 0 unspecified atom stereocenters. The number of aromatic nitrogens is 4. The minimum atomic E-state index is -2.97. The molecular formula is C48H54N4O14. The molecule has 0 atom stereocenters. The summed E-state index contributed by atoms with van der Waals surface area (Å²) in [4.78, 5) is 95.4. The van der Waals surface area contributed by atoms with Gasteiger partial charge in [0, 0.05) is 76.0 Å². The van der Waals surface area contributed by atoms with Gasteiger partial charge < -0.3 is 50.8 Å². The number of allylic oxidation sites excluding steroid dienone is 5. The molecule has 66 heavy (non-hydrogen) atoms. The summed E-state index contributed by atoms with van der Waals surface area (Å²) < 4.78 is 0. The van der Waals surface area contributed by atoms with Gasteiger partial charge in [-0.1, -0.05) is 25.3 Å². The number of aliphatic hydroxyl groups excluding tert-OH is 2. The third-order valence-electron chi connectivity index (χ3n) is 12.8. The second-order valence-electron chi connectivity index (χ2n) is 16.7. The van der Waals surface area contributed by atoms with E-state index in [-0.39, 0.29) is 84.3 Å². The molecule has 5 heterocycles. The molecule has 5 rings (SSSR count). The fourth-order valence-electron chi connectivity index (χ4n) is 9.01. The Kier molecular flexibility index (Phi) is 14.4. The molecule has 18 nitrogen and oxygen atoms in total. The van der Waals surface area contributed by atoms with Crippen LogP contribution in [0.5, 0.6) is 0 Å². The van der Waals surface area contributed by atoms with Gasteiger partial charge in [-0.05, 0) is 113 Å². The van der Waals surface area contributed by atoms with E-state index in [9.17, 15) is 69.6 Å². The van der Waals surface area contributed by atoms with E-state index in [1.54, 1.807) is 26.8 Å². The SMILES string of the molecule is C=CC1=C(C)c2nc1c(CCCO)c1[nH]c(c(CCC(=O)O)c1C)c(C(C)(C(=O)O)C(=O)O)c1nc(c(C(C)(C(=O)O)C(=O)O)c3[nH]c(c(C=C)c3C)c2CCCO)C(C)=C1CCC(=O)O. The average molecular weight is 911 g/mol. The lowest BCUT2D eigenvalue weighted by Gasteiger charge is -2.23. The zero-order chi connectivity index (χ0) is 49.3. The van der Waals surface area contributed by atoms with Crippen molar-refractivity contribution < 1.29 is 69.6 Å². The van der Waals surface area contributed by atoms with Crippen LogP contribution in [0.15, 0.2) is 19.2 Å². The second-order valence-corrected chi connectivity index (χ2v) is 16.7. The maximum Gasteiger partial charge on any atom is 0.325 e. The number of carboxylic acids is 6. The Morgan fingerprint density at radius 2 is 1.02 bits per heavy atom. The van der Waals surface area contributed by atoms with Gasteiger partial charge in [0.05, 0.1) is 28.3 Å². The number of nitrogens with zero attached hydrogens (tertiary/aromatic N) is 2. The first-order valence-corrected chi connectivity index (χ1v) is 21.1. The minimum Gasteiger partial charge on any atom is -0.481 e. The molecule has 8 bridgehead atoms. The number of hydrogen-bond donors (Lipinski definition) is 10. The molecule has 0 radical (unpaired) electrons. The van der Waals surface area contributed by atoms with Crippen LogP contribution < -0.4 is 0 Å². The number of aromatic amines is 2. The Labute approximate surface area is 378 Å². The van der Waals surface area contributed by atoms with E-state index in [4.69, 9.17) is 9.97 Å². The molecule has 2 aliphatic rings. The smallest absolute Gasteiger partial charge is 0.325 e. The number of nitrogens with one attached hydrogen (secondary N) is 2. The Balaban J connectivity index is 2.44. The highest BCUT2D eigenvalue weighted by Crippen LogP contribution is 2.47. The first-order chi connectivity index (χ1) is 31.0. The number of aliphatic carboxylic acids is 6. The van der Waals surface area contributed by atoms with Crippen molar-refractivity contribution in [1.82, 2.24) is 19.9 Å². The lowest BCUT2D eigenvalue weighted by Crippen LogP contribution is -2.42.